The van der Waals surface area contributed by atoms with Gasteiger partial charge in [0.05, 0.1) is 0 Å². The minimum absolute atomic E-state index is 0.0436. The van der Waals surface area contributed by atoms with E-state index in [-0.39, 0.29) is 11.8 Å². The van der Waals surface area contributed by atoms with E-state index < -0.39 is 18.6 Å². The van der Waals surface area contributed by atoms with Gasteiger partial charge in [0.2, 0.25) is 0 Å². The average molecular weight is 300 g/mol. The summed E-state index contributed by atoms with van der Waals surface area (Å²) in [6, 6.07) is 0. The first-order chi connectivity index (χ1) is 10.1. The molecule has 6 atom stereocenters. The van der Waals surface area contributed by atoms with Gasteiger partial charge in [-0.05, 0) is 75.8 Å². The Kier molecular flexibility index (Phi) is 5.15. The molecular weight excluding hydrogens is 271 g/mol. The quantitative estimate of drug-likeness (QED) is 0.622. The number of aliphatic hydroxyl groups is 2. The molecule has 3 rings (SSSR count). The standard InChI is InChI=1S/C16H29FN2O2/c17-14-9-11(10-5-7-18-8-6-10)1-2-12(14)13-3-4-15(20)19-16(13)21/h10-16,18-21H,1-9H2. The van der Waals surface area contributed by atoms with Gasteiger partial charge in [0.1, 0.15) is 18.6 Å². The molecule has 3 aliphatic rings. The molecule has 0 aromatic carbocycles. The molecule has 3 fully saturated rings. The zero-order valence-electron chi connectivity index (χ0n) is 12.7. The van der Waals surface area contributed by atoms with Gasteiger partial charge < -0.3 is 15.5 Å². The number of hydrogen-bond donors (Lipinski definition) is 4. The number of aliphatic hydroxyl groups excluding tert-OH is 2. The van der Waals surface area contributed by atoms with Gasteiger partial charge >= 0.3 is 0 Å². The minimum atomic E-state index is -0.796. The summed E-state index contributed by atoms with van der Waals surface area (Å²) in [5, 5.41) is 25.7. The van der Waals surface area contributed by atoms with Crippen LogP contribution in [0.3, 0.4) is 0 Å². The third-order valence-electron chi connectivity index (χ3n) is 6.01. The fourth-order valence-electron chi connectivity index (χ4n) is 4.76. The monoisotopic (exact) mass is 300 g/mol. The van der Waals surface area contributed by atoms with Crippen molar-refractivity contribution in [3.8, 4) is 0 Å². The number of alkyl halides is 1. The molecular formula is C16H29FN2O2. The van der Waals surface area contributed by atoms with Crippen LogP contribution in [-0.2, 0) is 0 Å². The van der Waals surface area contributed by atoms with Crippen molar-refractivity contribution < 1.29 is 14.6 Å². The van der Waals surface area contributed by atoms with Crippen LogP contribution in [0.5, 0.6) is 0 Å². The molecule has 122 valence electrons. The van der Waals surface area contributed by atoms with Crippen molar-refractivity contribution in [2.75, 3.05) is 13.1 Å². The largest absolute Gasteiger partial charge is 0.379 e. The van der Waals surface area contributed by atoms with Crippen LogP contribution in [0.25, 0.3) is 0 Å². The van der Waals surface area contributed by atoms with Gasteiger partial charge in [0, 0.05) is 5.92 Å². The van der Waals surface area contributed by atoms with Crippen molar-refractivity contribution in [1.29, 1.82) is 0 Å². The number of hydrogen-bond acceptors (Lipinski definition) is 4. The van der Waals surface area contributed by atoms with Crippen molar-refractivity contribution in [3.05, 3.63) is 0 Å². The molecule has 2 heterocycles. The zero-order valence-corrected chi connectivity index (χ0v) is 12.7. The normalized spacial score (nSPS) is 46.4. The molecule has 0 amide bonds. The zero-order chi connectivity index (χ0) is 14.8. The Morgan fingerprint density at radius 1 is 0.810 bits per heavy atom. The Morgan fingerprint density at radius 2 is 1.52 bits per heavy atom. The topological polar surface area (TPSA) is 64.5 Å². The molecule has 0 spiro atoms. The van der Waals surface area contributed by atoms with E-state index in [2.05, 4.69) is 10.6 Å². The molecule has 21 heavy (non-hydrogen) atoms. The Morgan fingerprint density at radius 3 is 2.19 bits per heavy atom. The van der Waals surface area contributed by atoms with Crippen LogP contribution in [0.15, 0.2) is 0 Å². The minimum Gasteiger partial charge on any atom is -0.379 e. The third kappa shape index (κ3) is 3.58. The fourth-order valence-corrected chi connectivity index (χ4v) is 4.76. The van der Waals surface area contributed by atoms with Crippen molar-refractivity contribution in [2.24, 2.45) is 23.7 Å². The Hall–Kier alpha value is -0.230. The van der Waals surface area contributed by atoms with E-state index in [0.29, 0.717) is 24.7 Å². The van der Waals surface area contributed by atoms with Crippen LogP contribution >= 0.6 is 0 Å². The number of nitrogens with one attached hydrogen (secondary N) is 2. The highest BCUT2D eigenvalue weighted by atomic mass is 19.1. The van der Waals surface area contributed by atoms with Gasteiger partial charge in [-0.2, -0.15) is 0 Å². The summed E-state index contributed by atoms with van der Waals surface area (Å²) >= 11 is 0. The van der Waals surface area contributed by atoms with E-state index >= 15 is 0 Å². The predicted octanol–water partition coefficient (Wildman–Crippen LogP) is 1.38. The van der Waals surface area contributed by atoms with Gasteiger partial charge in [0.15, 0.2) is 0 Å². The SMILES string of the molecule is OC1CCC(C2CCC(C3CCNCC3)CC2F)C(O)N1. The van der Waals surface area contributed by atoms with Gasteiger partial charge in [-0.25, -0.2) is 4.39 Å². The Bertz CT molecular complexity index is 338. The van der Waals surface area contributed by atoms with E-state index in [1.165, 1.54) is 12.8 Å². The highest BCUT2D eigenvalue weighted by Gasteiger charge is 2.42. The van der Waals surface area contributed by atoms with Crippen molar-refractivity contribution in [1.82, 2.24) is 10.6 Å². The lowest BCUT2D eigenvalue weighted by molar-refractivity contribution is -0.0758. The van der Waals surface area contributed by atoms with Crippen molar-refractivity contribution in [2.45, 2.75) is 63.6 Å². The maximum atomic E-state index is 14.7. The van der Waals surface area contributed by atoms with Crippen LogP contribution in [-0.4, -0.2) is 41.9 Å². The second-order valence-corrected chi connectivity index (χ2v) is 7.21. The van der Waals surface area contributed by atoms with Crippen LogP contribution in [0.2, 0.25) is 0 Å². The number of piperidine rings is 2. The molecule has 6 unspecified atom stereocenters. The van der Waals surface area contributed by atoms with Crippen LogP contribution in [0.1, 0.15) is 44.9 Å². The lowest BCUT2D eigenvalue weighted by Crippen LogP contribution is -2.52. The van der Waals surface area contributed by atoms with Crippen LogP contribution < -0.4 is 10.6 Å². The second-order valence-electron chi connectivity index (χ2n) is 7.21. The maximum absolute atomic E-state index is 14.7. The average Bonchev–Trinajstić information content (AvgIpc) is 2.49. The summed E-state index contributed by atoms with van der Waals surface area (Å²) < 4.78 is 14.7. The smallest absolute Gasteiger partial charge is 0.110 e. The lowest BCUT2D eigenvalue weighted by atomic mass is 9.67. The van der Waals surface area contributed by atoms with E-state index in [1.54, 1.807) is 0 Å². The first-order valence-electron chi connectivity index (χ1n) is 8.62. The lowest BCUT2D eigenvalue weighted by Gasteiger charge is -2.43. The van der Waals surface area contributed by atoms with Crippen LogP contribution in [0.4, 0.5) is 4.39 Å². The molecule has 5 heteroatoms. The molecule has 4 N–H and O–H groups in total. The number of halogens is 1. The predicted molar refractivity (Wildman–Crippen MR) is 79.2 cm³/mol. The van der Waals surface area contributed by atoms with Gasteiger partial charge in [-0.15, -0.1) is 0 Å². The molecule has 0 aromatic rings. The molecule has 2 aliphatic heterocycles. The summed E-state index contributed by atoms with van der Waals surface area (Å²) in [6.07, 6.45) is 4.16. The summed E-state index contributed by atoms with van der Waals surface area (Å²) in [6.45, 7) is 2.15. The van der Waals surface area contributed by atoms with E-state index in [0.717, 1.165) is 32.4 Å². The first kappa shape index (κ1) is 15.7. The molecule has 2 saturated heterocycles. The Balaban J connectivity index is 1.55. The van der Waals surface area contributed by atoms with Crippen LogP contribution in [0, 0.1) is 23.7 Å². The molecule has 0 aromatic heterocycles. The van der Waals surface area contributed by atoms with E-state index in [4.69, 9.17) is 0 Å². The highest BCUT2D eigenvalue weighted by Crippen LogP contribution is 2.43. The second kappa shape index (κ2) is 6.90. The molecule has 1 saturated carbocycles. The molecule has 0 radical (unpaired) electrons. The fraction of sp³-hybridized carbons (Fsp3) is 1.00. The number of rotatable bonds is 2. The summed E-state index contributed by atoms with van der Waals surface area (Å²) in [5.41, 5.74) is 0. The summed E-state index contributed by atoms with van der Waals surface area (Å²) in [4.78, 5) is 0. The highest BCUT2D eigenvalue weighted by molar-refractivity contribution is 4.91. The van der Waals surface area contributed by atoms with E-state index in [1.807, 2.05) is 0 Å². The Labute approximate surface area is 126 Å². The first-order valence-corrected chi connectivity index (χ1v) is 8.62. The van der Waals surface area contributed by atoms with Crippen molar-refractivity contribution >= 4 is 0 Å². The maximum Gasteiger partial charge on any atom is 0.110 e. The molecule has 0 bridgehead atoms. The van der Waals surface area contributed by atoms with Gasteiger partial charge in [0.25, 0.3) is 0 Å². The van der Waals surface area contributed by atoms with E-state index in [9.17, 15) is 14.6 Å². The van der Waals surface area contributed by atoms with Crippen molar-refractivity contribution in [3.63, 3.8) is 0 Å². The van der Waals surface area contributed by atoms with Gasteiger partial charge in [-0.1, -0.05) is 0 Å². The third-order valence-corrected chi connectivity index (χ3v) is 6.01. The molecule has 4 nitrogen and oxygen atoms in total. The molecule has 1 aliphatic carbocycles. The van der Waals surface area contributed by atoms with Gasteiger partial charge in [-0.3, -0.25) is 5.32 Å². The summed E-state index contributed by atoms with van der Waals surface area (Å²) in [7, 11) is 0. The summed E-state index contributed by atoms with van der Waals surface area (Å²) in [5.74, 6) is 1.12.